The zero-order valence-electron chi connectivity index (χ0n) is 12.5. The maximum Gasteiger partial charge on any atom is 0.240 e. The van der Waals surface area contributed by atoms with Gasteiger partial charge < -0.3 is 0 Å². The van der Waals surface area contributed by atoms with Crippen LogP contribution in [0.2, 0.25) is 0 Å². The van der Waals surface area contributed by atoms with Crippen LogP contribution in [0.5, 0.6) is 0 Å². The van der Waals surface area contributed by atoms with Crippen molar-refractivity contribution in [2.45, 2.75) is 18.0 Å². The predicted octanol–water partition coefficient (Wildman–Crippen LogP) is 2.41. The average Bonchev–Trinajstić information content (AvgIpc) is 3.08. The molecule has 23 heavy (non-hydrogen) atoms. The van der Waals surface area contributed by atoms with Gasteiger partial charge in [-0.2, -0.15) is 5.10 Å². The van der Waals surface area contributed by atoms with Crippen LogP contribution in [0.3, 0.4) is 0 Å². The molecule has 118 valence electrons. The number of nitrogens with one attached hydrogen (secondary N) is 1. The molecule has 0 fully saturated rings. The van der Waals surface area contributed by atoms with Crippen molar-refractivity contribution < 1.29 is 8.42 Å². The number of rotatable bonds is 6. The van der Waals surface area contributed by atoms with Crippen LogP contribution >= 0.6 is 0 Å². The van der Waals surface area contributed by atoms with Crippen molar-refractivity contribution in [3.8, 4) is 0 Å². The van der Waals surface area contributed by atoms with E-state index < -0.39 is 10.0 Å². The second kappa shape index (κ2) is 6.76. The Bertz CT molecular complexity index is 843. The Morgan fingerprint density at radius 2 is 1.61 bits per heavy atom. The highest BCUT2D eigenvalue weighted by molar-refractivity contribution is 7.89. The molecule has 2 aromatic carbocycles. The molecule has 0 unspecified atom stereocenters. The van der Waals surface area contributed by atoms with Crippen molar-refractivity contribution in [1.29, 1.82) is 0 Å². The maximum absolute atomic E-state index is 12.2. The lowest BCUT2D eigenvalue weighted by molar-refractivity contribution is 0.581. The van der Waals surface area contributed by atoms with Crippen molar-refractivity contribution in [1.82, 2.24) is 14.5 Å². The Kier molecular flexibility index (Phi) is 4.55. The molecule has 3 rings (SSSR count). The first kappa shape index (κ1) is 15.5. The van der Waals surface area contributed by atoms with E-state index in [1.165, 1.54) is 0 Å². The fourth-order valence-electron chi connectivity index (χ4n) is 2.20. The summed E-state index contributed by atoms with van der Waals surface area (Å²) in [6.07, 6.45) is 3.65. The summed E-state index contributed by atoms with van der Waals surface area (Å²) < 4.78 is 28.8. The van der Waals surface area contributed by atoms with Gasteiger partial charge in [0.05, 0.1) is 11.4 Å². The maximum atomic E-state index is 12.2. The molecular weight excluding hydrogens is 310 g/mol. The van der Waals surface area contributed by atoms with Gasteiger partial charge in [-0.1, -0.05) is 42.5 Å². The van der Waals surface area contributed by atoms with E-state index in [0.29, 0.717) is 6.54 Å². The number of aromatic nitrogens is 2. The van der Waals surface area contributed by atoms with Crippen LogP contribution in [0.1, 0.15) is 11.1 Å². The van der Waals surface area contributed by atoms with Gasteiger partial charge in [0.25, 0.3) is 0 Å². The zero-order valence-corrected chi connectivity index (χ0v) is 13.3. The average molecular weight is 327 g/mol. The van der Waals surface area contributed by atoms with Crippen LogP contribution < -0.4 is 4.72 Å². The third kappa shape index (κ3) is 4.06. The van der Waals surface area contributed by atoms with Crippen LogP contribution in [0, 0.1) is 0 Å². The first-order valence-electron chi connectivity index (χ1n) is 7.23. The minimum absolute atomic E-state index is 0.263. The third-order valence-electron chi connectivity index (χ3n) is 3.45. The topological polar surface area (TPSA) is 64.0 Å². The largest absolute Gasteiger partial charge is 0.268 e. The van der Waals surface area contributed by atoms with Gasteiger partial charge in [0.2, 0.25) is 10.0 Å². The Morgan fingerprint density at radius 1 is 0.913 bits per heavy atom. The van der Waals surface area contributed by atoms with Crippen molar-refractivity contribution in [2.24, 2.45) is 0 Å². The van der Waals surface area contributed by atoms with E-state index in [-0.39, 0.29) is 11.4 Å². The van der Waals surface area contributed by atoms with Gasteiger partial charge in [-0.15, -0.1) is 0 Å². The van der Waals surface area contributed by atoms with Crippen molar-refractivity contribution >= 4 is 10.0 Å². The van der Waals surface area contributed by atoms with Crippen LogP contribution in [-0.2, 0) is 23.1 Å². The number of hydrogen-bond acceptors (Lipinski definition) is 3. The molecule has 0 spiro atoms. The molecule has 6 heteroatoms. The van der Waals surface area contributed by atoms with E-state index in [2.05, 4.69) is 9.82 Å². The number of nitrogens with zero attached hydrogens (tertiary/aromatic N) is 2. The summed E-state index contributed by atoms with van der Waals surface area (Å²) in [4.78, 5) is 0.273. The Labute approximate surface area is 135 Å². The normalized spacial score (nSPS) is 11.5. The molecule has 0 saturated heterocycles. The molecule has 0 amide bonds. The molecular formula is C17H17N3O2S. The number of benzene rings is 2. The van der Waals surface area contributed by atoms with E-state index in [1.54, 1.807) is 36.5 Å². The first-order valence-corrected chi connectivity index (χ1v) is 8.72. The molecule has 1 N–H and O–H groups in total. The predicted molar refractivity (Wildman–Crippen MR) is 88.2 cm³/mol. The van der Waals surface area contributed by atoms with E-state index in [0.717, 1.165) is 11.1 Å². The molecule has 1 aromatic heterocycles. The zero-order chi connectivity index (χ0) is 16.1. The minimum Gasteiger partial charge on any atom is -0.268 e. The van der Waals surface area contributed by atoms with Gasteiger partial charge in [-0.3, -0.25) is 4.68 Å². The quantitative estimate of drug-likeness (QED) is 0.756. The van der Waals surface area contributed by atoms with Gasteiger partial charge in [-0.05, 0) is 29.3 Å². The summed E-state index contributed by atoms with van der Waals surface area (Å²) in [7, 11) is -3.47. The van der Waals surface area contributed by atoms with Crippen molar-refractivity contribution in [2.75, 3.05) is 0 Å². The number of hydrogen-bond donors (Lipinski definition) is 1. The van der Waals surface area contributed by atoms with E-state index in [4.69, 9.17) is 0 Å². The fraction of sp³-hybridized carbons (Fsp3) is 0.118. The highest BCUT2D eigenvalue weighted by atomic mass is 32.2. The van der Waals surface area contributed by atoms with E-state index >= 15 is 0 Å². The second-order valence-corrected chi connectivity index (χ2v) is 6.92. The Hall–Kier alpha value is -2.44. The molecule has 0 saturated carbocycles. The van der Waals surface area contributed by atoms with Gasteiger partial charge in [0.1, 0.15) is 0 Å². The van der Waals surface area contributed by atoms with Crippen LogP contribution in [0.4, 0.5) is 0 Å². The molecule has 3 aromatic rings. The van der Waals surface area contributed by atoms with Crippen LogP contribution in [0.25, 0.3) is 0 Å². The SMILES string of the molecule is O=S(=O)(NCc1ccc(Cn2cccn2)cc1)c1ccccc1. The summed E-state index contributed by atoms with van der Waals surface area (Å²) in [5.41, 5.74) is 2.03. The van der Waals surface area contributed by atoms with Gasteiger partial charge in [-0.25, -0.2) is 13.1 Å². The fourth-order valence-corrected chi connectivity index (χ4v) is 3.24. The van der Waals surface area contributed by atoms with Gasteiger partial charge in [0, 0.05) is 18.9 Å². The van der Waals surface area contributed by atoms with E-state index in [1.807, 2.05) is 41.2 Å². The molecule has 0 aliphatic heterocycles. The molecule has 0 aliphatic carbocycles. The lowest BCUT2D eigenvalue weighted by Crippen LogP contribution is -2.23. The molecule has 0 atom stereocenters. The van der Waals surface area contributed by atoms with Crippen molar-refractivity contribution in [3.05, 3.63) is 84.2 Å². The minimum atomic E-state index is -3.47. The number of sulfonamides is 1. The summed E-state index contributed by atoms with van der Waals surface area (Å²) >= 11 is 0. The molecule has 0 aliphatic rings. The third-order valence-corrected chi connectivity index (χ3v) is 4.86. The van der Waals surface area contributed by atoms with Crippen molar-refractivity contribution in [3.63, 3.8) is 0 Å². The lowest BCUT2D eigenvalue weighted by Gasteiger charge is -2.08. The molecule has 1 heterocycles. The second-order valence-electron chi connectivity index (χ2n) is 5.16. The first-order chi connectivity index (χ1) is 11.1. The Morgan fingerprint density at radius 3 is 2.26 bits per heavy atom. The highest BCUT2D eigenvalue weighted by Gasteiger charge is 2.12. The molecule has 5 nitrogen and oxygen atoms in total. The monoisotopic (exact) mass is 327 g/mol. The Balaban J connectivity index is 1.62. The van der Waals surface area contributed by atoms with Gasteiger partial charge >= 0.3 is 0 Å². The standard InChI is InChI=1S/C17H17N3O2S/c21-23(22,17-5-2-1-3-6-17)19-13-15-7-9-16(10-8-15)14-20-12-4-11-18-20/h1-12,19H,13-14H2. The van der Waals surface area contributed by atoms with Gasteiger partial charge in [0.15, 0.2) is 0 Å². The van der Waals surface area contributed by atoms with Crippen LogP contribution in [0.15, 0.2) is 78.0 Å². The summed E-state index contributed by atoms with van der Waals surface area (Å²) in [6.45, 7) is 0.961. The summed E-state index contributed by atoms with van der Waals surface area (Å²) in [5, 5.41) is 4.16. The van der Waals surface area contributed by atoms with E-state index in [9.17, 15) is 8.42 Å². The summed E-state index contributed by atoms with van der Waals surface area (Å²) in [5.74, 6) is 0. The lowest BCUT2D eigenvalue weighted by atomic mass is 10.1. The smallest absolute Gasteiger partial charge is 0.240 e. The summed E-state index contributed by atoms with van der Waals surface area (Å²) in [6, 6.07) is 18.0. The highest BCUT2D eigenvalue weighted by Crippen LogP contribution is 2.10. The molecule has 0 bridgehead atoms. The molecule has 0 radical (unpaired) electrons. The van der Waals surface area contributed by atoms with Crippen LogP contribution in [-0.4, -0.2) is 18.2 Å².